The second-order valence-electron chi connectivity index (χ2n) is 6.21. The minimum Gasteiger partial charge on any atom is -0.406 e. The molecule has 0 aliphatic carbocycles. The van der Waals surface area contributed by atoms with Gasteiger partial charge in [0.1, 0.15) is 11.1 Å². The molecule has 0 N–H and O–H groups in total. The van der Waals surface area contributed by atoms with Crippen LogP contribution in [0.5, 0.6) is 5.75 Å². The van der Waals surface area contributed by atoms with Crippen LogP contribution < -0.4 is 4.74 Å². The lowest BCUT2D eigenvalue weighted by Gasteiger charge is -2.25. The molecule has 1 atom stereocenters. The zero-order chi connectivity index (χ0) is 18.7. The summed E-state index contributed by atoms with van der Waals surface area (Å²) < 4.78 is 41.2. The van der Waals surface area contributed by atoms with Crippen molar-refractivity contribution in [3.8, 4) is 5.75 Å². The van der Waals surface area contributed by atoms with E-state index in [0.29, 0.717) is 31.5 Å². The zero-order valence-corrected chi connectivity index (χ0v) is 14.8. The summed E-state index contributed by atoms with van der Waals surface area (Å²) in [5.41, 5.74) is 0.597. The Hall–Kier alpha value is -1.90. The molecule has 5 nitrogen and oxygen atoms in total. The van der Waals surface area contributed by atoms with Gasteiger partial charge in [-0.15, -0.1) is 24.9 Å². The first kappa shape index (κ1) is 18.9. The lowest BCUT2D eigenvalue weighted by Crippen LogP contribution is -2.33. The van der Waals surface area contributed by atoms with Gasteiger partial charge in [0.2, 0.25) is 11.8 Å². The first-order valence-electron chi connectivity index (χ1n) is 8.38. The van der Waals surface area contributed by atoms with Crippen LogP contribution in [0.2, 0.25) is 0 Å². The summed E-state index contributed by atoms with van der Waals surface area (Å²) in [6.45, 7) is 1.81. The molecule has 2 saturated heterocycles. The van der Waals surface area contributed by atoms with Crippen molar-refractivity contribution < 1.29 is 27.5 Å². The van der Waals surface area contributed by atoms with Gasteiger partial charge in [-0.3, -0.25) is 9.59 Å². The number of rotatable bonds is 6. The topological polar surface area (TPSA) is 49.9 Å². The number of alkyl halides is 3. The summed E-state index contributed by atoms with van der Waals surface area (Å²) in [6, 6.07) is 5.74. The normalized spacial score (nSPS) is 21.0. The Labute approximate surface area is 153 Å². The highest BCUT2D eigenvalue weighted by Gasteiger charge is 2.34. The molecule has 2 amide bonds. The van der Waals surface area contributed by atoms with Gasteiger partial charge in [0.25, 0.3) is 0 Å². The Morgan fingerprint density at radius 3 is 2.69 bits per heavy atom. The Morgan fingerprint density at radius 2 is 2.00 bits per heavy atom. The summed E-state index contributed by atoms with van der Waals surface area (Å²) in [4.78, 5) is 27.3. The minimum atomic E-state index is -4.75. The maximum Gasteiger partial charge on any atom is 0.573 e. The molecule has 9 heteroatoms. The zero-order valence-electron chi connectivity index (χ0n) is 14.0. The quantitative estimate of drug-likeness (QED) is 0.751. The summed E-state index contributed by atoms with van der Waals surface area (Å²) >= 11 is 1.38. The SMILES string of the molecule is O=C1CCCN1CCCN1C(=O)CSC1c1cccc(OC(F)(F)F)c1. The van der Waals surface area contributed by atoms with Crippen LogP contribution in [0.4, 0.5) is 13.2 Å². The number of nitrogens with zero attached hydrogens (tertiary/aromatic N) is 2. The van der Waals surface area contributed by atoms with Gasteiger partial charge >= 0.3 is 6.36 Å². The molecule has 2 fully saturated rings. The van der Waals surface area contributed by atoms with Crippen molar-refractivity contribution in [1.82, 2.24) is 9.80 Å². The average Bonchev–Trinajstić information content (AvgIpc) is 3.13. The van der Waals surface area contributed by atoms with E-state index in [4.69, 9.17) is 0 Å². The number of carbonyl (C=O) groups excluding carboxylic acids is 2. The fraction of sp³-hybridized carbons (Fsp3) is 0.529. The molecule has 2 heterocycles. The number of halogens is 3. The molecule has 0 saturated carbocycles. The van der Waals surface area contributed by atoms with Crippen LogP contribution in [-0.4, -0.2) is 53.4 Å². The van der Waals surface area contributed by atoms with Crippen molar-refractivity contribution in [3.63, 3.8) is 0 Å². The third-order valence-electron chi connectivity index (χ3n) is 4.34. The Morgan fingerprint density at radius 1 is 1.19 bits per heavy atom. The van der Waals surface area contributed by atoms with Gasteiger partial charge < -0.3 is 14.5 Å². The minimum absolute atomic E-state index is 0.0464. The number of hydrogen-bond acceptors (Lipinski definition) is 4. The van der Waals surface area contributed by atoms with Gasteiger partial charge in [-0.25, -0.2) is 0 Å². The van der Waals surface area contributed by atoms with Gasteiger partial charge in [0.15, 0.2) is 0 Å². The second kappa shape index (κ2) is 7.77. The summed E-state index contributed by atoms with van der Waals surface area (Å²) in [5.74, 6) is 0.0885. The molecule has 142 valence electrons. The maximum atomic E-state index is 12.4. The number of benzene rings is 1. The standard InChI is InChI=1S/C17H19F3N2O3S/c18-17(19,20)25-13-5-1-4-12(10-13)16-22(15(24)11-26-16)9-3-8-21-7-2-6-14(21)23/h1,4-5,10,16H,2-3,6-9,11H2. The van der Waals surface area contributed by atoms with E-state index < -0.39 is 6.36 Å². The second-order valence-corrected chi connectivity index (χ2v) is 7.28. The van der Waals surface area contributed by atoms with Gasteiger partial charge in [0, 0.05) is 26.1 Å². The van der Waals surface area contributed by atoms with Crippen LogP contribution in [0.25, 0.3) is 0 Å². The van der Waals surface area contributed by atoms with Crippen LogP contribution >= 0.6 is 11.8 Å². The highest BCUT2D eigenvalue weighted by Crippen LogP contribution is 2.40. The average molecular weight is 388 g/mol. The van der Waals surface area contributed by atoms with E-state index in [2.05, 4.69) is 4.74 Å². The largest absolute Gasteiger partial charge is 0.573 e. The molecule has 1 aromatic carbocycles. The van der Waals surface area contributed by atoms with E-state index in [1.54, 1.807) is 15.9 Å². The molecular weight excluding hydrogens is 369 g/mol. The van der Waals surface area contributed by atoms with Crippen molar-refractivity contribution in [2.75, 3.05) is 25.4 Å². The van der Waals surface area contributed by atoms with E-state index >= 15 is 0 Å². The fourth-order valence-corrected chi connectivity index (χ4v) is 4.42. The van der Waals surface area contributed by atoms with E-state index in [1.807, 2.05) is 0 Å². The summed E-state index contributed by atoms with van der Waals surface area (Å²) in [5, 5.41) is -0.339. The van der Waals surface area contributed by atoms with Gasteiger partial charge in [-0.2, -0.15) is 0 Å². The maximum absolute atomic E-state index is 12.4. The van der Waals surface area contributed by atoms with E-state index in [0.717, 1.165) is 13.0 Å². The summed E-state index contributed by atoms with van der Waals surface area (Å²) in [6.07, 6.45) is -2.66. The monoisotopic (exact) mass is 388 g/mol. The molecule has 2 aliphatic rings. The smallest absolute Gasteiger partial charge is 0.406 e. The molecule has 0 aromatic heterocycles. The first-order chi connectivity index (χ1) is 12.3. The summed E-state index contributed by atoms with van der Waals surface area (Å²) in [7, 11) is 0. The van der Waals surface area contributed by atoms with Crippen molar-refractivity contribution >= 4 is 23.6 Å². The van der Waals surface area contributed by atoms with Crippen LogP contribution in [-0.2, 0) is 9.59 Å². The molecule has 0 spiro atoms. The number of likely N-dealkylation sites (tertiary alicyclic amines) is 1. The Kier molecular flexibility index (Phi) is 5.64. The predicted molar refractivity (Wildman–Crippen MR) is 90.5 cm³/mol. The van der Waals surface area contributed by atoms with E-state index in [9.17, 15) is 22.8 Å². The van der Waals surface area contributed by atoms with E-state index in [1.165, 1.54) is 30.0 Å². The van der Waals surface area contributed by atoms with Crippen molar-refractivity contribution in [1.29, 1.82) is 0 Å². The molecule has 3 rings (SSSR count). The molecule has 1 aromatic rings. The Balaban J connectivity index is 1.63. The van der Waals surface area contributed by atoms with Crippen molar-refractivity contribution in [3.05, 3.63) is 29.8 Å². The van der Waals surface area contributed by atoms with Crippen molar-refractivity contribution in [2.45, 2.75) is 31.0 Å². The molecule has 0 radical (unpaired) electrons. The number of amides is 2. The Bertz CT molecular complexity index is 683. The van der Waals surface area contributed by atoms with Crippen LogP contribution in [0.3, 0.4) is 0 Å². The fourth-order valence-electron chi connectivity index (χ4n) is 3.21. The predicted octanol–water partition coefficient (Wildman–Crippen LogP) is 3.17. The molecule has 0 bridgehead atoms. The number of ether oxygens (including phenoxy) is 1. The number of carbonyl (C=O) groups is 2. The lowest BCUT2D eigenvalue weighted by atomic mass is 10.2. The number of hydrogen-bond donors (Lipinski definition) is 0. The molecular formula is C17H19F3N2O3S. The van der Waals surface area contributed by atoms with Crippen LogP contribution in [0, 0.1) is 0 Å². The van der Waals surface area contributed by atoms with E-state index in [-0.39, 0.29) is 28.7 Å². The molecule has 26 heavy (non-hydrogen) atoms. The van der Waals surface area contributed by atoms with Crippen LogP contribution in [0.1, 0.15) is 30.2 Å². The first-order valence-corrected chi connectivity index (χ1v) is 9.43. The third-order valence-corrected chi connectivity index (χ3v) is 5.60. The van der Waals surface area contributed by atoms with Gasteiger partial charge in [-0.05, 0) is 30.5 Å². The highest BCUT2D eigenvalue weighted by atomic mass is 32.2. The molecule has 2 aliphatic heterocycles. The lowest BCUT2D eigenvalue weighted by molar-refractivity contribution is -0.274. The number of thioether (sulfide) groups is 1. The van der Waals surface area contributed by atoms with Gasteiger partial charge in [0.05, 0.1) is 5.75 Å². The van der Waals surface area contributed by atoms with Crippen LogP contribution in [0.15, 0.2) is 24.3 Å². The van der Waals surface area contributed by atoms with Crippen molar-refractivity contribution in [2.24, 2.45) is 0 Å². The van der Waals surface area contributed by atoms with Gasteiger partial charge in [-0.1, -0.05) is 12.1 Å². The highest BCUT2D eigenvalue weighted by molar-refractivity contribution is 8.00. The third kappa shape index (κ3) is 4.63. The molecule has 1 unspecified atom stereocenters.